The SMILES string of the molecule is c1nnc(CC2CCC2)n1C1CCNC1. The summed E-state index contributed by atoms with van der Waals surface area (Å²) in [6.07, 6.45) is 8.44. The van der Waals surface area contributed by atoms with Gasteiger partial charge < -0.3 is 9.88 Å². The van der Waals surface area contributed by atoms with Crippen LogP contribution in [0.15, 0.2) is 6.33 Å². The second kappa shape index (κ2) is 3.93. The highest BCUT2D eigenvalue weighted by atomic mass is 15.3. The number of nitrogens with one attached hydrogen (secondary N) is 1. The fraction of sp³-hybridized carbons (Fsp3) is 0.818. The predicted molar refractivity (Wildman–Crippen MR) is 57.6 cm³/mol. The zero-order chi connectivity index (χ0) is 10.1. The quantitative estimate of drug-likeness (QED) is 0.807. The molecule has 1 saturated heterocycles. The third-order valence-corrected chi connectivity index (χ3v) is 3.77. The lowest BCUT2D eigenvalue weighted by atomic mass is 9.83. The van der Waals surface area contributed by atoms with E-state index in [0.29, 0.717) is 6.04 Å². The van der Waals surface area contributed by atoms with Crippen molar-refractivity contribution < 1.29 is 0 Å². The van der Waals surface area contributed by atoms with Crippen LogP contribution in [0.3, 0.4) is 0 Å². The van der Waals surface area contributed by atoms with E-state index in [0.717, 1.165) is 25.4 Å². The lowest BCUT2D eigenvalue weighted by Crippen LogP contribution is -2.20. The molecule has 3 rings (SSSR count). The smallest absolute Gasteiger partial charge is 0.133 e. The van der Waals surface area contributed by atoms with Crippen molar-refractivity contribution in [1.82, 2.24) is 20.1 Å². The molecule has 0 bridgehead atoms. The topological polar surface area (TPSA) is 42.7 Å². The fourth-order valence-electron chi connectivity index (χ4n) is 2.55. The van der Waals surface area contributed by atoms with Crippen LogP contribution in [0.25, 0.3) is 0 Å². The first-order chi connectivity index (χ1) is 7.43. The van der Waals surface area contributed by atoms with E-state index in [-0.39, 0.29) is 0 Å². The molecule has 0 spiro atoms. The average molecular weight is 206 g/mol. The van der Waals surface area contributed by atoms with E-state index < -0.39 is 0 Å². The highest BCUT2D eigenvalue weighted by molar-refractivity contribution is 4.95. The molecule has 1 aromatic rings. The lowest BCUT2D eigenvalue weighted by molar-refractivity contribution is 0.303. The van der Waals surface area contributed by atoms with Crippen molar-refractivity contribution >= 4 is 0 Å². The van der Waals surface area contributed by atoms with Crippen LogP contribution in [-0.4, -0.2) is 27.9 Å². The van der Waals surface area contributed by atoms with Crippen LogP contribution < -0.4 is 5.32 Å². The van der Waals surface area contributed by atoms with Crippen LogP contribution in [0, 0.1) is 5.92 Å². The monoisotopic (exact) mass is 206 g/mol. The summed E-state index contributed by atoms with van der Waals surface area (Å²) < 4.78 is 2.29. The van der Waals surface area contributed by atoms with E-state index in [2.05, 4.69) is 20.1 Å². The summed E-state index contributed by atoms with van der Waals surface area (Å²) >= 11 is 0. The number of nitrogens with zero attached hydrogens (tertiary/aromatic N) is 3. The van der Waals surface area contributed by atoms with Crippen LogP contribution in [0.2, 0.25) is 0 Å². The number of hydrogen-bond acceptors (Lipinski definition) is 3. The van der Waals surface area contributed by atoms with Crippen molar-refractivity contribution in [2.45, 2.75) is 38.1 Å². The molecule has 0 radical (unpaired) electrons. The Bertz CT molecular complexity index is 323. The van der Waals surface area contributed by atoms with Crippen molar-refractivity contribution in [2.24, 2.45) is 5.92 Å². The van der Waals surface area contributed by atoms with Crippen LogP contribution in [0.5, 0.6) is 0 Å². The summed E-state index contributed by atoms with van der Waals surface area (Å²) in [5.41, 5.74) is 0. The Morgan fingerprint density at radius 3 is 3.00 bits per heavy atom. The first-order valence-electron chi connectivity index (χ1n) is 6.02. The molecule has 4 nitrogen and oxygen atoms in total. The van der Waals surface area contributed by atoms with Gasteiger partial charge in [-0.05, 0) is 18.9 Å². The first-order valence-corrected chi connectivity index (χ1v) is 6.02. The van der Waals surface area contributed by atoms with Gasteiger partial charge in [0.1, 0.15) is 12.2 Å². The van der Waals surface area contributed by atoms with Gasteiger partial charge in [-0.25, -0.2) is 0 Å². The summed E-state index contributed by atoms with van der Waals surface area (Å²) in [5, 5.41) is 11.7. The van der Waals surface area contributed by atoms with E-state index in [1.165, 1.54) is 31.5 Å². The zero-order valence-electron chi connectivity index (χ0n) is 9.02. The van der Waals surface area contributed by atoms with E-state index >= 15 is 0 Å². The fourth-order valence-corrected chi connectivity index (χ4v) is 2.55. The Morgan fingerprint density at radius 1 is 1.40 bits per heavy atom. The molecule has 2 fully saturated rings. The molecule has 2 heterocycles. The van der Waals surface area contributed by atoms with Crippen LogP contribution in [0.4, 0.5) is 0 Å². The summed E-state index contributed by atoms with van der Waals surface area (Å²) in [6.45, 7) is 2.21. The third kappa shape index (κ3) is 1.78. The van der Waals surface area contributed by atoms with Crippen molar-refractivity contribution in [3.63, 3.8) is 0 Å². The molecule has 0 amide bonds. The molecule has 1 atom stereocenters. The molecule has 15 heavy (non-hydrogen) atoms. The highest BCUT2D eigenvalue weighted by Crippen LogP contribution is 2.30. The molecular weight excluding hydrogens is 188 g/mol. The second-order valence-electron chi connectivity index (χ2n) is 4.80. The zero-order valence-corrected chi connectivity index (χ0v) is 9.02. The molecule has 1 saturated carbocycles. The number of hydrogen-bond donors (Lipinski definition) is 1. The van der Waals surface area contributed by atoms with E-state index in [1.54, 1.807) is 0 Å². The van der Waals surface area contributed by atoms with Crippen molar-refractivity contribution in [3.05, 3.63) is 12.2 Å². The van der Waals surface area contributed by atoms with Crippen LogP contribution >= 0.6 is 0 Å². The Kier molecular flexibility index (Phi) is 2.44. The summed E-state index contributed by atoms with van der Waals surface area (Å²) in [6, 6.07) is 0.593. The van der Waals surface area contributed by atoms with Crippen molar-refractivity contribution in [1.29, 1.82) is 0 Å². The van der Waals surface area contributed by atoms with Crippen LogP contribution in [0.1, 0.15) is 37.5 Å². The lowest BCUT2D eigenvalue weighted by Gasteiger charge is -2.25. The van der Waals surface area contributed by atoms with Gasteiger partial charge in [-0.15, -0.1) is 10.2 Å². The minimum absolute atomic E-state index is 0.593. The molecule has 2 aliphatic rings. The largest absolute Gasteiger partial charge is 0.315 e. The van der Waals surface area contributed by atoms with Crippen molar-refractivity contribution in [2.75, 3.05) is 13.1 Å². The maximum atomic E-state index is 4.27. The molecule has 1 N–H and O–H groups in total. The Hall–Kier alpha value is -0.900. The van der Waals surface area contributed by atoms with E-state index in [9.17, 15) is 0 Å². The van der Waals surface area contributed by atoms with E-state index in [4.69, 9.17) is 0 Å². The molecule has 4 heteroatoms. The van der Waals surface area contributed by atoms with Gasteiger partial charge in [0, 0.05) is 19.0 Å². The van der Waals surface area contributed by atoms with Gasteiger partial charge in [-0.3, -0.25) is 0 Å². The number of aromatic nitrogens is 3. The molecule has 0 aromatic carbocycles. The second-order valence-corrected chi connectivity index (χ2v) is 4.80. The van der Waals surface area contributed by atoms with Gasteiger partial charge in [0.05, 0.1) is 0 Å². The molecular formula is C11H18N4. The molecule has 1 unspecified atom stereocenters. The Labute approximate surface area is 90.1 Å². The minimum Gasteiger partial charge on any atom is -0.315 e. The average Bonchev–Trinajstić information content (AvgIpc) is 2.81. The summed E-state index contributed by atoms with van der Waals surface area (Å²) in [7, 11) is 0. The minimum atomic E-state index is 0.593. The van der Waals surface area contributed by atoms with Crippen LogP contribution in [-0.2, 0) is 6.42 Å². The Balaban J connectivity index is 1.72. The maximum Gasteiger partial charge on any atom is 0.133 e. The molecule has 1 aliphatic carbocycles. The highest BCUT2D eigenvalue weighted by Gasteiger charge is 2.24. The van der Waals surface area contributed by atoms with Gasteiger partial charge in [0.25, 0.3) is 0 Å². The van der Waals surface area contributed by atoms with Gasteiger partial charge in [0.15, 0.2) is 0 Å². The third-order valence-electron chi connectivity index (χ3n) is 3.77. The van der Waals surface area contributed by atoms with Crippen molar-refractivity contribution in [3.8, 4) is 0 Å². The predicted octanol–water partition coefficient (Wildman–Crippen LogP) is 1.16. The summed E-state index contributed by atoms with van der Waals surface area (Å²) in [4.78, 5) is 0. The molecule has 1 aliphatic heterocycles. The van der Waals surface area contributed by atoms with Gasteiger partial charge in [-0.2, -0.15) is 0 Å². The standard InChI is InChI=1S/C11H18N4/c1-2-9(3-1)6-11-14-13-8-15(11)10-4-5-12-7-10/h8-10,12H,1-7H2. The maximum absolute atomic E-state index is 4.27. The van der Waals surface area contributed by atoms with E-state index in [1.807, 2.05) is 6.33 Å². The van der Waals surface area contributed by atoms with Gasteiger partial charge in [-0.1, -0.05) is 19.3 Å². The Morgan fingerprint density at radius 2 is 2.33 bits per heavy atom. The normalized spacial score (nSPS) is 26.8. The molecule has 1 aromatic heterocycles. The van der Waals surface area contributed by atoms with Gasteiger partial charge in [0.2, 0.25) is 0 Å². The summed E-state index contributed by atoms with van der Waals surface area (Å²) in [5.74, 6) is 2.08. The molecule has 82 valence electrons. The van der Waals surface area contributed by atoms with Gasteiger partial charge >= 0.3 is 0 Å². The first kappa shape index (κ1) is 9.33. The number of rotatable bonds is 3.